The summed E-state index contributed by atoms with van der Waals surface area (Å²) in [5.41, 5.74) is 0.532. The van der Waals surface area contributed by atoms with Crippen molar-refractivity contribution < 1.29 is 19.2 Å². The minimum atomic E-state index is -0.509. The van der Waals surface area contributed by atoms with Crippen LogP contribution in [0.3, 0.4) is 0 Å². The first-order valence-corrected chi connectivity index (χ1v) is 7.79. The Morgan fingerprint density at radius 3 is 2.56 bits per heavy atom. The van der Waals surface area contributed by atoms with Crippen LogP contribution in [0.4, 0.5) is 11.4 Å². The van der Waals surface area contributed by atoms with Crippen LogP contribution in [-0.2, 0) is 0 Å². The molecule has 3 rings (SSSR count). The van der Waals surface area contributed by atoms with E-state index in [1.54, 1.807) is 24.3 Å². The number of nitrogens with one attached hydrogen (secondary N) is 1. The van der Waals surface area contributed by atoms with Crippen LogP contribution < -0.4 is 14.8 Å². The summed E-state index contributed by atoms with van der Waals surface area (Å²) < 4.78 is 11.5. The summed E-state index contributed by atoms with van der Waals surface area (Å²) in [6, 6.07) is 10.7. The first-order chi connectivity index (χ1) is 11.8. The highest BCUT2D eigenvalue weighted by atomic mass is 16.6. The van der Waals surface area contributed by atoms with Crippen LogP contribution in [0, 0.1) is 15.5 Å². The molecule has 1 aliphatic rings. The number of benzene rings is 2. The van der Waals surface area contributed by atoms with Crippen LogP contribution in [-0.4, -0.2) is 24.0 Å². The van der Waals surface area contributed by atoms with Crippen molar-refractivity contribution in [1.82, 2.24) is 0 Å². The monoisotopic (exact) mass is 342 g/mol. The molecule has 0 unspecified atom stereocenters. The fourth-order valence-electron chi connectivity index (χ4n) is 2.37. The van der Waals surface area contributed by atoms with Gasteiger partial charge < -0.3 is 14.8 Å². The number of carbonyl (C=O) groups excluding carboxylic acids is 1. The Morgan fingerprint density at radius 2 is 1.84 bits per heavy atom. The number of carbonyl (C=O) groups is 1. The zero-order chi connectivity index (χ0) is 18.0. The van der Waals surface area contributed by atoms with Gasteiger partial charge in [0.2, 0.25) is 0 Å². The van der Waals surface area contributed by atoms with Crippen LogP contribution in [0.25, 0.3) is 0 Å². The highest BCUT2D eigenvalue weighted by Crippen LogP contribution is 2.34. The second kappa shape index (κ2) is 6.43. The van der Waals surface area contributed by atoms with Crippen LogP contribution in [0.1, 0.15) is 24.2 Å². The minimum Gasteiger partial charge on any atom is -0.489 e. The molecule has 0 aromatic heterocycles. The summed E-state index contributed by atoms with van der Waals surface area (Å²) in [5, 5.41) is 13.5. The van der Waals surface area contributed by atoms with Crippen molar-refractivity contribution in [2.24, 2.45) is 5.41 Å². The smallest absolute Gasteiger partial charge is 0.271 e. The molecule has 2 aromatic rings. The summed E-state index contributed by atoms with van der Waals surface area (Å²) >= 11 is 0. The third kappa shape index (κ3) is 3.88. The van der Waals surface area contributed by atoms with Gasteiger partial charge in [-0.05, 0) is 24.3 Å². The largest absolute Gasteiger partial charge is 0.489 e. The molecule has 1 aliphatic heterocycles. The van der Waals surface area contributed by atoms with Crippen molar-refractivity contribution in [2.45, 2.75) is 13.8 Å². The molecule has 1 N–H and O–H groups in total. The second-order valence-electron chi connectivity index (χ2n) is 6.66. The first-order valence-electron chi connectivity index (χ1n) is 7.79. The number of fused-ring (bicyclic) bond motifs is 1. The van der Waals surface area contributed by atoms with E-state index in [-0.39, 0.29) is 17.0 Å². The number of nitro benzene ring substituents is 1. The van der Waals surface area contributed by atoms with Crippen LogP contribution in [0.2, 0.25) is 0 Å². The van der Waals surface area contributed by atoms with E-state index in [0.717, 1.165) is 0 Å². The van der Waals surface area contributed by atoms with Gasteiger partial charge in [-0.15, -0.1) is 0 Å². The predicted octanol–water partition coefficient (Wildman–Crippen LogP) is 3.64. The number of amides is 1. The summed E-state index contributed by atoms with van der Waals surface area (Å²) in [6.45, 7) is 5.08. The molecule has 0 spiro atoms. The molecule has 2 aromatic carbocycles. The minimum absolute atomic E-state index is 0.0845. The molecule has 7 heteroatoms. The normalized spacial score (nSPS) is 15.1. The Hall–Kier alpha value is -3.09. The predicted molar refractivity (Wildman–Crippen MR) is 92.3 cm³/mol. The van der Waals surface area contributed by atoms with Crippen LogP contribution in [0.5, 0.6) is 11.5 Å². The fraction of sp³-hybridized carbons (Fsp3) is 0.278. The summed E-state index contributed by atoms with van der Waals surface area (Å²) in [4.78, 5) is 22.7. The quantitative estimate of drug-likeness (QED) is 0.679. The summed E-state index contributed by atoms with van der Waals surface area (Å²) in [7, 11) is 0. The maximum atomic E-state index is 12.4. The fourth-order valence-corrected chi connectivity index (χ4v) is 2.37. The third-order valence-corrected chi connectivity index (χ3v) is 3.76. The summed E-state index contributed by atoms with van der Waals surface area (Å²) in [6.07, 6.45) is 0. The van der Waals surface area contributed by atoms with E-state index < -0.39 is 4.92 Å². The molecular weight excluding hydrogens is 324 g/mol. The zero-order valence-electron chi connectivity index (χ0n) is 13.9. The highest BCUT2D eigenvalue weighted by molar-refractivity contribution is 6.04. The molecule has 25 heavy (non-hydrogen) atoms. The molecule has 0 radical (unpaired) electrons. The number of anilines is 1. The molecule has 7 nitrogen and oxygen atoms in total. The Morgan fingerprint density at radius 1 is 1.12 bits per heavy atom. The van der Waals surface area contributed by atoms with Crippen LogP contribution in [0.15, 0.2) is 42.5 Å². The number of nitrogens with zero attached hydrogens (tertiary/aromatic N) is 1. The van der Waals surface area contributed by atoms with Crippen molar-refractivity contribution in [3.05, 3.63) is 58.1 Å². The van der Waals surface area contributed by atoms with Crippen molar-refractivity contribution >= 4 is 17.3 Å². The van der Waals surface area contributed by atoms with E-state index in [4.69, 9.17) is 9.47 Å². The second-order valence-corrected chi connectivity index (χ2v) is 6.66. The molecule has 0 atom stereocenters. The van der Waals surface area contributed by atoms with Crippen molar-refractivity contribution in [1.29, 1.82) is 0 Å². The number of ether oxygens (including phenoxy) is 2. The molecule has 0 saturated heterocycles. The number of hydrogen-bond acceptors (Lipinski definition) is 5. The third-order valence-electron chi connectivity index (χ3n) is 3.76. The number of non-ortho nitro benzene ring substituents is 1. The topological polar surface area (TPSA) is 90.7 Å². The van der Waals surface area contributed by atoms with Gasteiger partial charge in [-0.25, -0.2) is 0 Å². The summed E-state index contributed by atoms with van der Waals surface area (Å²) in [5.74, 6) is 0.727. The Bertz CT molecular complexity index is 832. The van der Waals surface area contributed by atoms with E-state index in [0.29, 0.717) is 36.0 Å². The van der Waals surface area contributed by atoms with Gasteiger partial charge >= 0.3 is 0 Å². The Kier molecular flexibility index (Phi) is 4.31. The molecule has 1 amide bonds. The maximum absolute atomic E-state index is 12.4. The molecule has 1 heterocycles. The average molecular weight is 342 g/mol. The molecule has 0 saturated carbocycles. The maximum Gasteiger partial charge on any atom is 0.271 e. The lowest BCUT2D eigenvalue weighted by molar-refractivity contribution is -0.384. The molecule has 0 fully saturated rings. The van der Waals surface area contributed by atoms with Gasteiger partial charge in [0.05, 0.1) is 18.1 Å². The Balaban J connectivity index is 1.79. The van der Waals surface area contributed by atoms with Gasteiger partial charge in [-0.1, -0.05) is 19.9 Å². The molecule has 130 valence electrons. The molecule has 0 aliphatic carbocycles. The van der Waals surface area contributed by atoms with E-state index >= 15 is 0 Å². The number of nitro groups is 1. The van der Waals surface area contributed by atoms with Gasteiger partial charge in [0, 0.05) is 28.8 Å². The molecular formula is C18H18N2O5. The van der Waals surface area contributed by atoms with Gasteiger partial charge in [0.1, 0.15) is 0 Å². The van der Waals surface area contributed by atoms with E-state index in [1.807, 2.05) is 13.8 Å². The van der Waals surface area contributed by atoms with E-state index in [1.165, 1.54) is 18.2 Å². The lowest BCUT2D eigenvalue weighted by Gasteiger charge is -2.19. The van der Waals surface area contributed by atoms with Crippen LogP contribution >= 0.6 is 0 Å². The first kappa shape index (κ1) is 16.8. The standard InChI is InChI=1S/C18H18N2O5/c1-18(2)10-24-15-7-6-12(8-16(15)25-11-18)17(21)19-13-4-3-5-14(9-13)20(22)23/h3-9H,10-11H2,1-2H3,(H,19,21). The van der Waals surface area contributed by atoms with Crippen molar-refractivity contribution in [2.75, 3.05) is 18.5 Å². The van der Waals surface area contributed by atoms with Gasteiger partial charge in [0.15, 0.2) is 11.5 Å². The van der Waals surface area contributed by atoms with E-state index in [2.05, 4.69) is 5.32 Å². The Labute approximate surface area is 144 Å². The lowest BCUT2D eigenvalue weighted by Crippen LogP contribution is -2.26. The lowest BCUT2D eigenvalue weighted by atomic mass is 9.97. The van der Waals surface area contributed by atoms with Gasteiger partial charge in [0.25, 0.3) is 11.6 Å². The van der Waals surface area contributed by atoms with Crippen molar-refractivity contribution in [3.63, 3.8) is 0 Å². The van der Waals surface area contributed by atoms with Gasteiger partial charge in [-0.3, -0.25) is 14.9 Å². The van der Waals surface area contributed by atoms with E-state index in [9.17, 15) is 14.9 Å². The number of rotatable bonds is 3. The van der Waals surface area contributed by atoms with Gasteiger partial charge in [-0.2, -0.15) is 0 Å². The number of hydrogen-bond donors (Lipinski definition) is 1. The highest BCUT2D eigenvalue weighted by Gasteiger charge is 2.25. The van der Waals surface area contributed by atoms with Crippen molar-refractivity contribution in [3.8, 4) is 11.5 Å². The average Bonchev–Trinajstić information content (AvgIpc) is 2.73. The SMILES string of the molecule is CC1(C)COc2ccc(C(=O)Nc3cccc([N+](=O)[O-])c3)cc2OC1. The zero-order valence-corrected chi connectivity index (χ0v) is 13.9. The molecule has 0 bridgehead atoms.